The predicted octanol–water partition coefficient (Wildman–Crippen LogP) is 1.34. The van der Waals surface area contributed by atoms with Crippen molar-refractivity contribution in [1.82, 2.24) is 23.6 Å². The molecule has 30 heavy (non-hydrogen) atoms. The molecular weight excluding hydrogens is 382 g/mol. The van der Waals surface area contributed by atoms with Gasteiger partial charge in [0.05, 0.1) is 6.33 Å². The average Bonchev–Trinajstić information content (AvgIpc) is 3.19. The van der Waals surface area contributed by atoms with E-state index in [0.717, 1.165) is 48.2 Å². The van der Waals surface area contributed by atoms with Gasteiger partial charge in [0, 0.05) is 38.7 Å². The number of hydrogen-bond acceptors (Lipinski definition) is 5. The van der Waals surface area contributed by atoms with Crippen molar-refractivity contribution in [3.8, 4) is 0 Å². The molecule has 8 heteroatoms. The molecular formula is C22H27N5O3. The number of fused-ring (bicyclic) bond motifs is 1. The van der Waals surface area contributed by atoms with Gasteiger partial charge in [0.15, 0.2) is 16.9 Å². The van der Waals surface area contributed by atoms with Gasteiger partial charge in [-0.1, -0.05) is 29.8 Å². The number of ketones is 1. The van der Waals surface area contributed by atoms with Gasteiger partial charge < -0.3 is 9.47 Å². The van der Waals surface area contributed by atoms with Crippen molar-refractivity contribution in [3.05, 3.63) is 62.6 Å². The van der Waals surface area contributed by atoms with Crippen LogP contribution in [0.1, 0.15) is 28.8 Å². The van der Waals surface area contributed by atoms with E-state index in [1.807, 2.05) is 35.8 Å². The number of aromatic nitrogens is 4. The summed E-state index contributed by atoms with van der Waals surface area (Å²) in [6.07, 6.45) is 3.31. The van der Waals surface area contributed by atoms with Crippen LogP contribution in [0, 0.1) is 12.8 Å². The summed E-state index contributed by atoms with van der Waals surface area (Å²) in [5, 5.41) is 0. The Labute approximate surface area is 174 Å². The molecule has 0 radical (unpaired) electrons. The van der Waals surface area contributed by atoms with Gasteiger partial charge >= 0.3 is 5.69 Å². The molecule has 0 unspecified atom stereocenters. The number of nitrogens with zero attached hydrogens (tertiary/aromatic N) is 5. The number of rotatable bonds is 5. The quantitative estimate of drug-likeness (QED) is 0.594. The van der Waals surface area contributed by atoms with Crippen molar-refractivity contribution in [2.24, 2.45) is 20.0 Å². The van der Waals surface area contributed by atoms with Gasteiger partial charge in [-0.05, 0) is 32.9 Å². The van der Waals surface area contributed by atoms with Gasteiger partial charge in [0.2, 0.25) is 0 Å². The number of carbonyl (C=O) groups is 1. The predicted molar refractivity (Wildman–Crippen MR) is 115 cm³/mol. The van der Waals surface area contributed by atoms with Crippen LogP contribution < -0.4 is 11.2 Å². The second-order valence-corrected chi connectivity index (χ2v) is 8.16. The molecule has 0 amide bonds. The Morgan fingerprint density at radius 1 is 1.03 bits per heavy atom. The molecule has 3 aromatic rings. The molecule has 1 fully saturated rings. The summed E-state index contributed by atoms with van der Waals surface area (Å²) >= 11 is 0. The van der Waals surface area contributed by atoms with Crippen LogP contribution in [-0.4, -0.2) is 49.0 Å². The third kappa shape index (κ3) is 3.63. The van der Waals surface area contributed by atoms with E-state index in [9.17, 15) is 14.4 Å². The SMILES string of the molecule is Cc1ccc(C(=O)C2CCN(CCn3cnc4c3c(=O)n(C)c(=O)n4C)CC2)cc1. The number of imidazole rings is 1. The second-order valence-electron chi connectivity index (χ2n) is 8.16. The van der Waals surface area contributed by atoms with Crippen LogP contribution in [-0.2, 0) is 20.6 Å². The topological polar surface area (TPSA) is 82.1 Å². The maximum absolute atomic E-state index is 12.7. The first kappa shape index (κ1) is 20.3. The lowest BCUT2D eigenvalue weighted by molar-refractivity contribution is 0.0838. The first-order chi connectivity index (χ1) is 14.4. The van der Waals surface area contributed by atoms with Gasteiger partial charge in [-0.2, -0.15) is 0 Å². The fourth-order valence-corrected chi connectivity index (χ4v) is 4.19. The summed E-state index contributed by atoms with van der Waals surface area (Å²) < 4.78 is 4.33. The molecule has 0 bridgehead atoms. The molecule has 2 aromatic heterocycles. The number of hydrogen-bond donors (Lipinski definition) is 0. The lowest BCUT2D eigenvalue weighted by Gasteiger charge is -2.31. The lowest BCUT2D eigenvalue weighted by atomic mass is 9.88. The van der Waals surface area contributed by atoms with E-state index < -0.39 is 0 Å². The van der Waals surface area contributed by atoms with Crippen LogP contribution in [0.4, 0.5) is 0 Å². The Morgan fingerprint density at radius 2 is 1.70 bits per heavy atom. The molecule has 1 aliphatic rings. The third-order valence-electron chi connectivity index (χ3n) is 6.17. The number of aryl methyl sites for hydroxylation is 2. The number of benzene rings is 1. The molecule has 0 saturated carbocycles. The standard InChI is InChI=1S/C22H27N5O3/c1-15-4-6-16(7-5-15)19(28)17-8-10-26(11-9-17)12-13-27-14-23-20-18(27)21(29)25(3)22(30)24(20)2/h4-7,14,17H,8-13H2,1-3H3. The number of likely N-dealkylation sites (tertiary alicyclic amines) is 1. The van der Waals surface area contributed by atoms with E-state index >= 15 is 0 Å². The number of carbonyl (C=O) groups excluding carboxylic acids is 1. The van der Waals surface area contributed by atoms with E-state index in [1.54, 1.807) is 13.4 Å². The molecule has 158 valence electrons. The Balaban J connectivity index is 1.40. The normalized spacial score (nSPS) is 15.7. The van der Waals surface area contributed by atoms with Crippen LogP contribution >= 0.6 is 0 Å². The molecule has 0 N–H and O–H groups in total. The maximum Gasteiger partial charge on any atom is 0.332 e. The summed E-state index contributed by atoms with van der Waals surface area (Å²) in [6, 6.07) is 7.81. The largest absolute Gasteiger partial charge is 0.332 e. The molecule has 4 rings (SSSR count). The second kappa shape index (κ2) is 8.02. The van der Waals surface area contributed by atoms with Crippen LogP contribution in [0.15, 0.2) is 40.2 Å². The van der Waals surface area contributed by atoms with E-state index in [-0.39, 0.29) is 23.0 Å². The molecule has 8 nitrogen and oxygen atoms in total. The highest BCUT2D eigenvalue weighted by Crippen LogP contribution is 2.22. The van der Waals surface area contributed by atoms with Crippen molar-refractivity contribution in [1.29, 1.82) is 0 Å². The molecule has 0 aliphatic carbocycles. The number of piperidine rings is 1. The zero-order valence-corrected chi connectivity index (χ0v) is 17.7. The summed E-state index contributed by atoms with van der Waals surface area (Å²) in [7, 11) is 3.11. The highest BCUT2D eigenvalue weighted by atomic mass is 16.2. The van der Waals surface area contributed by atoms with Crippen LogP contribution in [0.25, 0.3) is 11.2 Å². The fourth-order valence-electron chi connectivity index (χ4n) is 4.19. The Morgan fingerprint density at radius 3 is 2.37 bits per heavy atom. The summed E-state index contributed by atoms with van der Waals surface area (Å²) in [5.41, 5.74) is 2.11. The average molecular weight is 409 g/mol. The van der Waals surface area contributed by atoms with Gasteiger partial charge in [-0.15, -0.1) is 0 Å². The van der Waals surface area contributed by atoms with Crippen LogP contribution in [0.5, 0.6) is 0 Å². The lowest BCUT2D eigenvalue weighted by Crippen LogP contribution is -2.39. The van der Waals surface area contributed by atoms with Crippen molar-refractivity contribution in [2.45, 2.75) is 26.3 Å². The van der Waals surface area contributed by atoms with Gasteiger partial charge in [0.25, 0.3) is 5.56 Å². The maximum atomic E-state index is 12.7. The highest BCUT2D eigenvalue weighted by Gasteiger charge is 2.26. The van der Waals surface area contributed by atoms with Crippen molar-refractivity contribution >= 4 is 16.9 Å². The van der Waals surface area contributed by atoms with Crippen LogP contribution in [0.3, 0.4) is 0 Å². The monoisotopic (exact) mass is 409 g/mol. The first-order valence-corrected chi connectivity index (χ1v) is 10.3. The van der Waals surface area contributed by atoms with Crippen molar-refractivity contribution in [3.63, 3.8) is 0 Å². The Bertz CT molecular complexity index is 1190. The van der Waals surface area contributed by atoms with Gasteiger partial charge in [0.1, 0.15) is 0 Å². The molecule has 0 spiro atoms. The zero-order chi connectivity index (χ0) is 21.4. The highest BCUT2D eigenvalue weighted by molar-refractivity contribution is 5.97. The van der Waals surface area contributed by atoms with Crippen molar-refractivity contribution in [2.75, 3.05) is 19.6 Å². The molecule has 1 aliphatic heterocycles. The van der Waals surface area contributed by atoms with E-state index in [4.69, 9.17) is 0 Å². The minimum atomic E-state index is -0.377. The van der Waals surface area contributed by atoms with Gasteiger partial charge in [-0.3, -0.25) is 18.7 Å². The van der Waals surface area contributed by atoms with Crippen molar-refractivity contribution < 1.29 is 4.79 Å². The fraction of sp³-hybridized carbons (Fsp3) is 0.455. The van der Waals surface area contributed by atoms with Crippen LogP contribution in [0.2, 0.25) is 0 Å². The minimum Gasteiger partial charge on any atom is -0.323 e. The van der Waals surface area contributed by atoms with Gasteiger partial charge in [-0.25, -0.2) is 9.78 Å². The smallest absolute Gasteiger partial charge is 0.323 e. The first-order valence-electron chi connectivity index (χ1n) is 10.3. The third-order valence-corrected chi connectivity index (χ3v) is 6.17. The molecule has 1 aromatic carbocycles. The number of Topliss-reactive ketones (excluding diaryl/α,β-unsaturated/α-hetero) is 1. The van der Waals surface area contributed by atoms with E-state index in [0.29, 0.717) is 17.7 Å². The Hall–Kier alpha value is -3.00. The summed E-state index contributed by atoms with van der Waals surface area (Å²) in [4.78, 5) is 43.9. The Kier molecular flexibility index (Phi) is 5.42. The molecule has 1 saturated heterocycles. The zero-order valence-electron chi connectivity index (χ0n) is 17.7. The minimum absolute atomic E-state index is 0.0693. The van der Waals surface area contributed by atoms with E-state index in [1.165, 1.54) is 11.6 Å². The van der Waals surface area contributed by atoms with E-state index in [2.05, 4.69) is 9.88 Å². The molecule has 3 heterocycles. The molecule has 0 atom stereocenters. The summed E-state index contributed by atoms with van der Waals surface area (Å²) in [5.74, 6) is 0.305. The summed E-state index contributed by atoms with van der Waals surface area (Å²) in [6.45, 7) is 5.10.